The normalized spacial score (nSPS) is 23.6. The molecule has 20 heavy (non-hydrogen) atoms. The Kier molecular flexibility index (Phi) is 5.99. The molecule has 1 aliphatic rings. The SMILES string of the molecule is CCC(=O)N1CC(CCO)CC(NC(=O)C(C)(C)C)C1. The highest BCUT2D eigenvalue weighted by atomic mass is 16.3. The molecule has 0 aromatic rings. The van der Waals surface area contributed by atoms with Gasteiger partial charge in [-0.1, -0.05) is 27.7 Å². The molecule has 116 valence electrons. The van der Waals surface area contributed by atoms with Gasteiger partial charge >= 0.3 is 0 Å². The van der Waals surface area contributed by atoms with Crippen LogP contribution in [0.5, 0.6) is 0 Å². The maximum absolute atomic E-state index is 12.1. The smallest absolute Gasteiger partial charge is 0.225 e. The summed E-state index contributed by atoms with van der Waals surface area (Å²) in [7, 11) is 0. The lowest BCUT2D eigenvalue weighted by molar-refractivity contribution is -0.136. The quantitative estimate of drug-likeness (QED) is 0.814. The number of nitrogens with zero attached hydrogens (tertiary/aromatic N) is 1. The van der Waals surface area contributed by atoms with Crippen molar-refractivity contribution in [1.82, 2.24) is 10.2 Å². The van der Waals surface area contributed by atoms with Gasteiger partial charge in [0.15, 0.2) is 0 Å². The first-order valence-electron chi connectivity index (χ1n) is 7.47. The van der Waals surface area contributed by atoms with Crippen LogP contribution < -0.4 is 5.32 Å². The maximum Gasteiger partial charge on any atom is 0.225 e. The topological polar surface area (TPSA) is 69.6 Å². The van der Waals surface area contributed by atoms with Gasteiger partial charge in [-0.05, 0) is 18.8 Å². The molecule has 0 saturated carbocycles. The lowest BCUT2D eigenvalue weighted by Crippen LogP contribution is -2.54. The van der Waals surface area contributed by atoms with Gasteiger partial charge < -0.3 is 15.3 Å². The number of piperidine rings is 1. The van der Waals surface area contributed by atoms with Crippen LogP contribution in [0.1, 0.15) is 47.0 Å². The molecule has 2 atom stereocenters. The number of carbonyl (C=O) groups is 2. The minimum Gasteiger partial charge on any atom is -0.396 e. The lowest BCUT2D eigenvalue weighted by atomic mass is 9.89. The highest BCUT2D eigenvalue weighted by molar-refractivity contribution is 5.82. The molecule has 1 saturated heterocycles. The number of rotatable bonds is 4. The zero-order valence-electron chi connectivity index (χ0n) is 13.1. The Bertz CT molecular complexity index is 350. The molecule has 2 amide bonds. The van der Waals surface area contributed by atoms with Crippen molar-refractivity contribution in [3.63, 3.8) is 0 Å². The van der Waals surface area contributed by atoms with E-state index >= 15 is 0 Å². The van der Waals surface area contributed by atoms with Crippen LogP contribution in [0.4, 0.5) is 0 Å². The van der Waals surface area contributed by atoms with Gasteiger partial charge in [0.1, 0.15) is 0 Å². The molecule has 0 spiro atoms. The fourth-order valence-electron chi connectivity index (χ4n) is 2.53. The lowest BCUT2D eigenvalue weighted by Gasteiger charge is -2.39. The van der Waals surface area contributed by atoms with Crippen LogP contribution >= 0.6 is 0 Å². The molecule has 1 fully saturated rings. The minimum absolute atomic E-state index is 0.0102. The van der Waals surface area contributed by atoms with Crippen molar-refractivity contribution in [1.29, 1.82) is 0 Å². The van der Waals surface area contributed by atoms with Gasteiger partial charge in [0.05, 0.1) is 0 Å². The van der Waals surface area contributed by atoms with Gasteiger partial charge in [0, 0.05) is 37.6 Å². The minimum atomic E-state index is -0.427. The molecular weight excluding hydrogens is 256 g/mol. The molecule has 0 radical (unpaired) electrons. The first-order chi connectivity index (χ1) is 9.27. The Labute approximate surface area is 121 Å². The van der Waals surface area contributed by atoms with Crippen molar-refractivity contribution < 1.29 is 14.7 Å². The summed E-state index contributed by atoms with van der Waals surface area (Å²) in [4.78, 5) is 25.8. The third-order valence-electron chi connectivity index (χ3n) is 3.75. The average molecular weight is 284 g/mol. The van der Waals surface area contributed by atoms with Crippen molar-refractivity contribution in [2.45, 2.75) is 53.0 Å². The molecule has 2 unspecified atom stereocenters. The third kappa shape index (κ3) is 4.78. The van der Waals surface area contributed by atoms with Gasteiger partial charge in [0.25, 0.3) is 0 Å². The molecule has 5 heteroatoms. The van der Waals surface area contributed by atoms with Crippen LogP contribution in [-0.2, 0) is 9.59 Å². The van der Waals surface area contributed by atoms with Crippen LogP contribution in [0, 0.1) is 11.3 Å². The molecule has 0 aliphatic carbocycles. The number of amides is 2. The van der Waals surface area contributed by atoms with Crippen LogP contribution in [-0.4, -0.2) is 47.6 Å². The summed E-state index contributed by atoms with van der Waals surface area (Å²) in [6.07, 6.45) is 1.98. The van der Waals surface area contributed by atoms with Gasteiger partial charge in [-0.2, -0.15) is 0 Å². The zero-order valence-corrected chi connectivity index (χ0v) is 13.1. The number of nitrogens with one attached hydrogen (secondary N) is 1. The summed E-state index contributed by atoms with van der Waals surface area (Å²) < 4.78 is 0. The van der Waals surface area contributed by atoms with Crippen LogP contribution in [0.25, 0.3) is 0 Å². The van der Waals surface area contributed by atoms with E-state index in [0.29, 0.717) is 25.9 Å². The van der Waals surface area contributed by atoms with Crippen molar-refractivity contribution >= 4 is 11.8 Å². The summed E-state index contributed by atoms with van der Waals surface area (Å²) >= 11 is 0. The average Bonchev–Trinajstić information content (AvgIpc) is 2.36. The van der Waals surface area contributed by atoms with Crippen molar-refractivity contribution in [2.75, 3.05) is 19.7 Å². The third-order valence-corrected chi connectivity index (χ3v) is 3.75. The molecular formula is C15H28N2O3. The van der Waals surface area contributed by atoms with E-state index < -0.39 is 5.41 Å². The Morgan fingerprint density at radius 2 is 1.95 bits per heavy atom. The number of hydrogen-bond donors (Lipinski definition) is 2. The van der Waals surface area contributed by atoms with Crippen molar-refractivity contribution in [3.05, 3.63) is 0 Å². The Balaban J connectivity index is 2.69. The summed E-state index contributed by atoms with van der Waals surface area (Å²) in [6.45, 7) is 8.88. The van der Waals surface area contributed by atoms with E-state index in [-0.39, 0.29) is 30.4 Å². The van der Waals surface area contributed by atoms with E-state index in [2.05, 4.69) is 5.32 Å². The second-order valence-electron chi connectivity index (χ2n) is 6.69. The highest BCUT2D eigenvalue weighted by Crippen LogP contribution is 2.22. The van der Waals surface area contributed by atoms with Crippen molar-refractivity contribution in [2.24, 2.45) is 11.3 Å². The summed E-state index contributed by atoms with van der Waals surface area (Å²) in [5, 5.41) is 12.1. The molecule has 0 aromatic heterocycles. The Morgan fingerprint density at radius 1 is 1.30 bits per heavy atom. The fraction of sp³-hybridized carbons (Fsp3) is 0.867. The predicted molar refractivity (Wildman–Crippen MR) is 78.1 cm³/mol. The van der Waals surface area contributed by atoms with E-state index in [1.54, 1.807) is 0 Å². The number of aliphatic hydroxyl groups is 1. The number of hydrogen-bond acceptors (Lipinski definition) is 3. The molecule has 0 aromatic carbocycles. The second kappa shape index (κ2) is 7.07. The van der Waals surface area contributed by atoms with Gasteiger partial charge in [0.2, 0.25) is 11.8 Å². The van der Waals surface area contributed by atoms with Crippen LogP contribution in [0.15, 0.2) is 0 Å². The molecule has 1 rings (SSSR count). The summed E-state index contributed by atoms with van der Waals surface area (Å²) in [6, 6.07) is -0.0116. The van der Waals surface area contributed by atoms with Gasteiger partial charge in [-0.25, -0.2) is 0 Å². The number of carbonyl (C=O) groups excluding carboxylic acids is 2. The highest BCUT2D eigenvalue weighted by Gasteiger charge is 2.32. The zero-order chi connectivity index (χ0) is 15.3. The molecule has 2 N–H and O–H groups in total. The first kappa shape index (κ1) is 17.0. The van der Waals surface area contributed by atoms with E-state index in [9.17, 15) is 9.59 Å². The van der Waals surface area contributed by atoms with Gasteiger partial charge in [-0.15, -0.1) is 0 Å². The monoisotopic (exact) mass is 284 g/mol. The van der Waals surface area contributed by atoms with E-state index in [0.717, 1.165) is 6.42 Å². The number of aliphatic hydroxyl groups excluding tert-OH is 1. The van der Waals surface area contributed by atoms with E-state index in [4.69, 9.17) is 5.11 Å². The maximum atomic E-state index is 12.1. The predicted octanol–water partition coefficient (Wildman–Crippen LogP) is 1.16. The standard InChI is InChI=1S/C15H28N2O3/c1-5-13(19)17-9-11(6-7-18)8-12(10-17)16-14(20)15(2,3)4/h11-12,18H,5-10H2,1-4H3,(H,16,20). The fourth-order valence-corrected chi connectivity index (χ4v) is 2.53. The largest absolute Gasteiger partial charge is 0.396 e. The molecule has 1 aliphatic heterocycles. The summed E-state index contributed by atoms with van der Waals surface area (Å²) in [5.41, 5.74) is -0.427. The molecule has 0 bridgehead atoms. The van der Waals surface area contributed by atoms with E-state index in [1.807, 2.05) is 32.6 Å². The van der Waals surface area contributed by atoms with Crippen LogP contribution in [0.3, 0.4) is 0 Å². The van der Waals surface area contributed by atoms with Crippen molar-refractivity contribution in [3.8, 4) is 0 Å². The second-order valence-corrected chi connectivity index (χ2v) is 6.69. The van der Waals surface area contributed by atoms with Crippen LogP contribution in [0.2, 0.25) is 0 Å². The first-order valence-corrected chi connectivity index (χ1v) is 7.47. The summed E-state index contributed by atoms with van der Waals surface area (Å²) in [5.74, 6) is 0.383. The van der Waals surface area contributed by atoms with Gasteiger partial charge in [-0.3, -0.25) is 9.59 Å². The molecule has 5 nitrogen and oxygen atoms in total. The van der Waals surface area contributed by atoms with E-state index in [1.165, 1.54) is 0 Å². The Hall–Kier alpha value is -1.10. The Morgan fingerprint density at radius 3 is 2.45 bits per heavy atom. The molecule has 1 heterocycles. The number of likely N-dealkylation sites (tertiary alicyclic amines) is 1.